The Bertz CT molecular complexity index is 1030. The van der Waals surface area contributed by atoms with Gasteiger partial charge in [-0.15, -0.1) is 0 Å². The van der Waals surface area contributed by atoms with Gasteiger partial charge in [-0.25, -0.2) is 13.2 Å². The minimum Gasteiger partial charge on any atom is -0.384 e. The van der Waals surface area contributed by atoms with Crippen molar-refractivity contribution in [2.75, 3.05) is 51.0 Å². The lowest BCUT2D eigenvalue weighted by atomic mass is 10.2. The molecule has 0 aromatic heterocycles. The smallest absolute Gasteiger partial charge is 0.321 e. The molecule has 0 atom stereocenters. The topological polar surface area (TPSA) is 96.0 Å². The van der Waals surface area contributed by atoms with E-state index in [1.165, 1.54) is 31.4 Å². The molecule has 3 amide bonds. The van der Waals surface area contributed by atoms with Crippen LogP contribution in [0, 0.1) is 6.92 Å². The van der Waals surface area contributed by atoms with Gasteiger partial charge in [-0.2, -0.15) is 0 Å². The fourth-order valence-electron chi connectivity index (χ4n) is 3.34. The van der Waals surface area contributed by atoms with Gasteiger partial charge in [0.25, 0.3) is 5.91 Å². The van der Waals surface area contributed by atoms with Gasteiger partial charge in [0.15, 0.2) is 9.84 Å². The lowest BCUT2D eigenvalue weighted by molar-refractivity contribution is 0.0671. The predicted octanol–water partition coefficient (Wildman–Crippen LogP) is 2.41. The molecule has 1 aliphatic heterocycles. The van der Waals surface area contributed by atoms with Crippen molar-refractivity contribution < 1.29 is 22.7 Å². The molecular formula is C22H27N3O5S. The molecule has 0 saturated carbocycles. The van der Waals surface area contributed by atoms with Crippen LogP contribution in [-0.4, -0.2) is 75.8 Å². The monoisotopic (exact) mass is 445 g/mol. The van der Waals surface area contributed by atoms with Gasteiger partial charge in [-0.05, 0) is 48.9 Å². The number of benzene rings is 2. The van der Waals surface area contributed by atoms with E-state index in [4.69, 9.17) is 4.74 Å². The number of amides is 3. The van der Waals surface area contributed by atoms with Crippen LogP contribution >= 0.6 is 0 Å². The summed E-state index contributed by atoms with van der Waals surface area (Å²) < 4.78 is 29.2. The van der Waals surface area contributed by atoms with E-state index >= 15 is 0 Å². The van der Waals surface area contributed by atoms with Crippen molar-refractivity contribution in [3.05, 3.63) is 59.7 Å². The number of nitrogens with zero attached hydrogens (tertiary/aromatic N) is 2. The molecule has 2 aromatic carbocycles. The summed E-state index contributed by atoms with van der Waals surface area (Å²) >= 11 is 0. The van der Waals surface area contributed by atoms with E-state index in [0.29, 0.717) is 31.7 Å². The first-order valence-corrected chi connectivity index (χ1v) is 11.7. The van der Waals surface area contributed by atoms with Crippen LogP contribution in [0.2, 0.25) is 0 Å². The van der Waals surface area contributed by atoms with Crippen LogP contribution in [-0.2, 0) is 14.6 Å². The molecule has 1 aliphatic rings. The van der Waals surface area contributed by atoms with Crippen molar-refractivity contribution in [1.82, 2.24) is 9.80 Å². The number of hydrogen-bond donors (Lipinski definition) is 1. The number of piperazine rings is 1. The Morgan fingerprint density at radius 3 is 2.26 bits per heavy atom. The van der Waals surface area contributed by atoms with Crippen LogP contribution in [0.1, 0.15) is 15.9 Å². The van der Waals surface area contributed by atoms with E-state index in [-0.39, 0.29) is 29.2 Å². The highest BCUT2D eigenvalue weighted by Gasteiger charge is 2.25. The van der Waals surface area contributed by atoms with Crippen molar-refractivity contribution >= 4 is 27.5 Å². The number of aryl methyl sites for hydroxylation is 1. The Labute approximate surface area is 182 Å². The quantitative estimate of drug-likeness (QED) is 0.737. The van der Waals surface area contributed by atoms with E-state index in [2.05, 4.69) is 5.32 Å². The Morgan fingerprint density at radius 1 is 1.00 bits per heavy atom. The average Bonchev–Trinajstić information content (AvgIpc) is 2.77. The van der Waals surface area contributed by atoms with Gasteiger partial charge in [-0.1, -0.05) is 12.1 Å². The van der Waals surface area contributed by atoms with Crippen LogP contribution < -0.4 is 5.32 Å². The molecule has 0 unspecified atom stereocenters. The molecule has 1 saturated heterocycles. The molecule has 1 N–H and O–H groups in total. The highest BCUT2D eigenvalue weighted by atomic mass is 32.2. The summed E-state index contributed by atoms with van der Waals surface area (Å²) in [4.78, 5) is 28.8. The van der Waals surface area contributed by atoms with Crippen molar-refractivity contribution in [2.24, 2.45) is 0 Å². The maximum absolute atomic E-state index is 12.8. The third-order valence-corrected chi connectivity index (χ3v) is 6.83. The van der Waals surface area contributed by atoms with Crippen LogP contribution in [0.15, 0.2) is 53.4 Å². The number of anilines is 1. The SMILES string of the molecule is COCCS(=O)(=O)c1ccc(C(=O)N2CCN(C(=O)Nc3cccc(C)c3)CC2)cc1. The number of methoxy groups -OCH3 is 1. The fraction of sp³-hybridized carbons (Fsp3) is 0.364. The number of hydrogen-bond acceptors (Lipinski definition) is 5. The van der Waals surface area contributed by atoms with Crippen molar-refractivity contribution in [3.63, 3.8) is 0 Å². The molecule has 3 rings (SSSR count). The highest BCUT2D eigenvalue weighted by molar-refractivity contribution is 7.91. The zero-order chi connectivity index (χ0) is 22.4. The molecule has 31 heavy (non-hydrogen) atoms. The van der Waals surface area contributed by atoms with Crippen molar-refractivity contribution in [3.8, 4) is 0 Å². The second-order valence-electron chi connectivity index (χ2n) is 7.41. The first-order valence-electron chi connectivity index (χ1n) is 10.0. The molecule has 0 spiro atoms. The maximum atomic E-state index is 12.8. The molecule has 166 valence electrons. The lowest BCUT2D eigenvalue weighted by Gasteiger charge is -2.34. The first-order chi connectivity index (χ1) is 14.8. The zero-order valence-corrected chi connectivity index (χ0v) is 18.5. The minimum absolute atomic E-state index is 0.108. The minimum atomic E-state index is -3.44. The Morgan fingerprint density at radius 2 is 1.65 bits per heavy atom. The van der Waals surface area contributed by atoms with Crippen molar-refractivity contribution in [2.45, 2.75) is 11.8 Å². The van der Waals surface area contributed by atoms with E-state index < -0.39 is 9.84 Å². The number of carbonyl (C=O) groups is 2. The van der Waals surface area contributed by atoms with Crippen LogP contribution in [0.4, 0.5) is 10.5 Å². The van der Waals surface area contributed by atoms with E-state index in [9.17, 15) is 18.0 Å². The summed E-state index contributed by atoms with van der Waals surface area (Å²) in [5.41, 5.74) is 2.22. The zero-order valence-electron chi connectivity index (χ0n) is 17.7. The van der Waals surface area contributed by atoms with E-state index in [1.807, 2.05) is 31.2 Å². The van der Waals surface area contributed by atoms with Gasteiger partial charge in [0.1, 0.15) is 0 Å². The van der Waals surface area contributed by atoms with Crippen LogP contribution in [0.25, 0.3) is 0 Å². The highest BCUT2D eigenvalue weighted by Crippen LogP contribution is 2.16. The maximum Gasteiger partial charge on any atom is 0.321 e. The van der Waals surface area contributed by atoms with Gasteiger partial charge in [0, 0.05) is 44.5 Å². The largest absolute Gasteiger partial charge is 0.384 e. The number of ether oxygens (including phenoxy) is 1. The summed E-state index contributed by atoms with van der Waals surface area (Å²) in [7, 11) is -1.99. The number of nitrogens with one attached hydrogen (secondary N) is 1. The molecule has 8 nitrogen and oxygen atoms in total. The fourth-order valence-corrected chi connectivity index (χ4v) is 4.51. The van der Waals surface area contributed by atoms with Gasteiger partial charge < -0.3 is 19.9 Å². The van der Waals surface area contributed by atoms with Gasteiger partial charge in [0.05, 0.1) is 17.3 Å². The standard InChI is InChI=1S/C22H27N3O5S/c1-17-4-3-5-19(16-17)23-22(27)25-12-10-24(11-13-25)21(26)18-6-8-20(9-7-18)31(28,29)15-14-30-2/h3-9,16H,10-15H2,1-2H3,(H,23,27). The number of carbonyl (C=O) groups excluding carboxylic acids is 2. The van der Waals surface area contributed by atoms with E-state index in [1.54, 1.807) is 9.80 Å². The van der Waals surface area contributed by atoms with Gasteiger partial charge in [-0.3, -0.25) is 4.79 Å². The molecule has 0 bridgehead atoms. The van der Waals surface area contributed by atoms with Gasteiger partial charge >= 0.3 is 6.03 Å². The molecule has 1 heterocycles. The van der Waals surface area contributed by atoms with Gasteiger partial charge in [0.2, 0.25) is 0 Å². The average molecular weight is 446 g/mol. The summed E-state index contributed by atoms with van der Waals surface area (Å²) in [6, 6.07) is 13.3. The molecule has 9 heteroatoms. The Balaban J connectivity index is 1.55. The molecular weight excluding hydrogens is 418 g/mol. The van der Waals surface area contributed by atoms with E-state index in [0.717, 1.165) is 11.3 Å². The lowest BCUT2D eigenvalue weighted by Crippen LogP contribution is -2.51. The summed E-state index contributed by atoms with van der Waals surface area (Å²) in [6.45, 7) is 3.74. The first kappa shape index (κ1) is 22.8. The Kier molecular flexibility index (Phi) is 7.29. The second-order valence-corrected chi connectivity index (χ2v) is 9.52. The second kappa shape index (κ2) is 9.93. The van der Waals surface area contributed by atoms with Crippen molar-refractivity contribution in [1.29, 1.82) is 0 Å². The number of urea groups is 1. The summed E-state index contributed by atoms with van der Waals surface area (Å²) in [5.74, 6) is -0.289. The normalized spacial score (nSPS) is 14.4. The number of sulfone groups is 1. The summed E-state index contributed by atoms with van der Waals surface area (Å²) in [5, 5.41) is 2.88. The van der Waals surface area contributed by atoms with Crippen LogP contribution in [0.5, 0.6) is 0 Å². The number of rotatable bonds is 6. The predicted molar refractivity (Wildman–Crippen MR) is 118 cm³/mol. The molecule has 0 radical (unpaired) electrons. The third kappa shape index (κ3) is 5.83. The third-order valence-electron chi connectivity index (χ3n) is 5.14. The summed E-state index contributed by atoms with van der Waals surface area (Å²) in [6.07, 6.45) is 0. The molecule has 0 aliphatic carbocycles. The van der Waals surface area contributed by atoms with Crippen LogP contribution in [0.3, 0.4) is 0 Å². The molecule has 1 fully saturated rings. The Hall–Kier alpha value is -2.91. The molecule has 2 aromatic rings.